The zero-order valence-corrected chi connectivity index (χ0v) is 11.9. The van der Waals surface area contributed by atoms with E-state index in [1.54, 1.807) is 0 Å². The summed E-state index contributed by atoms with van der Waals surface area (Å²) < 4.78 is 5.34. The number of carbonyl (C=O) groups is 1. The molecule has 0 radical (unpaired) electrons. The van der Waals surface area contributed by atoms with Crippen molar-refractivity contribution in [2.45, 2.75) is 19.4 Å². The van der Waals surface area contributed by atoms with E-state index in [-0.39, 0.29) is 17.2 Å². The zero-order valence-electron chi connectivity index (χ0n) is 11.9. The van der Waals surface area contributed by atoms with Crippen LogP contribution in [0.5, 0.6) is 5.75 Å². The molecule has 0 unspecified atom stereocenters. The molecular formula is C14H21N3O3. The number of rotatable bonds is 4. The lowest BCUT2D eigenvalue weighted by atomic mass is 10.0. The third-order valence-corrected chi connectivity index (χ3v) is 3.53. The molecule has 2 N–H and O–H groups in total. The molecule has 0 atom stereocenters. The molecule has 110 valence electrons. The van der Waals surface area contributed by atoms with E-state index in [9.17, 15) is 9.90 Å². The maximum atomic E-state index is 12.0. The van der Waals surface area contributed by atoms with Gasteiger partial charge in [-0.2, -0.15) is 0 Å². The molecule has 0 bridgehead atoms. The SMILES string of the molecule is CC(C)(CNC(=O)c1cncc(O)c1)N1CCOCC1. The van der Waals surface area contributed by atoms with Gasteiger partial charge in [0.25, 0.3) is 5.91 Å². The lowest BCUT2D eigenvalue weighted by Gasteiger charge is -2.40. The summed E-state index contributed by atoms with van der Waals surface area (Å²) in [6.45, 7) is 7.93. The van der Waals surface area contributed by atoms with Gasteiger partial charge < -0.3 is 15.2 Å². The summed E-state index contributed by atoms with van der Waals surface area (Å²) in [7, 11) is 0. The number of amides is 1. The predicted molar refractivity (Wildman–Crippen MR) is 74.7 cm³/mol. The van der Waals surface area contributed by atoms with Crippen LogP contribution in [0, 0.1) is 0 Å². The number of pyridine rings is 1. The molecular weight excluding hydrogens is 258 g/mol. The highest BCUT2D eigenvalue weighted by Crippen LogP contribution is 2.15. The maximum Gasteiger partial charge on any atom is 0.253 e. The van der Waals surface area contributed by atoms with Gasteiger partial charge in [0, 0.05) is 31.4 Å². The number of nitrogens with zero attached hydrogens (tertiary/aromatic N) is 2. The first kappa shape index (κ1) is 14.7. The molecule has 2 heterocycles. The van der Waals surface area contributed by atoms with E-state index < -0.39 is 0 Å². The molecule has 2 rings (SSSR count). The summed E-state index contributed by atoms with van der Waals surface area (Å²) >= 11 is 0. The Kier molecular flexibility index (Phi) is 4.57. The van der Waals surface area contributed by atoms with Crippen molar-refractivity contribution < 1.29 is 14.6 Å². The second-order valence-corrected chi connectivity index (χ2v) is 5.53. The van der Waals surface area contributed by atoms with Crippen LogP contribution in [-0.2, 0) is 4.74 Å². The van der Waals surface area contributed by atoms with Crippen molar-refractivity contribution in [3.8, 4) is 5.75 Å². The fourth-order valence-corrected chi connectivity index (χ4v) is 2.23. The van der Waals surface area contributed by atoms with Crippen molar-refractivity contribution in [3.63, 3.8) is 0 Å². The van der Waals surface area contributed by atoms with Crippen molar-refractivity contribution in [3.05, 3.63) is 24.0 Å². The van der Waals surface area contributed by atoms with E-state index in [1.807, 2.05) is 0 Å². The van der Waals surface area contributed by atoms with E-state index in [1.165, 1.54) is 18.5 Å². The quantitative estimate of drug-likeness (QED) is 0.845. The van der Waals surface area contributed by atoms with Crippen LogP contribution in [0.3, 0.4) is 0 Å². The van der Waals surface area contributed by atoms with E-state index in [2.05, 4.69) is 29.0 Å². The summed E-state index contributed by atoms with van der Waals surface area (Å²) in [5, 5.41) is 12.2. The Bertz CT molecular complexity index is 470. The van der Waals surface area contributed by atoms with Crippen molar-refractivity contribution in [1.82, 2.24) is 15.2 Å². The second kappa shape index (κ2) is 6.19. The lowest BCUT2D eigenvalue weighted by Crippen LogP contribution is -2.55. The Labute approximate surface area is 118 Å². The standard InChI is InChI=1S/C14H21N3O3/c1-14(2,17-3-5-20-6-4-17)10-16-13(19)11-7-12(18)9-15-8-11/h7-9,18H,3-6,10H2,1-2H3,(H,16,19). The minimum Gasteiger partial charge on any atom is -0.506 e. The molecule has 1 aliphatic heterocycles. The van der Waals surface area contributed by atoms with E-state index in [4.69, 9.17) is 4.74 Å². The summed E-state index contributed by atoms with van der Waals surface area (Å²) in [5.41, 5.74) is 0.228. The first-order chi connectivity index (χ1) is 9.49. The Morgan fingerprint density at radius 2 is 2.15 bits per heavy atom. The predicted octanol–water partition coefficient (Wildman–Crippen LogP) is 0.628. The normalized spacial score (nSPS) is 16.9. The highest BCUT2D eigenvalue weighted by atomic mass is 16.5. The zero-order chi connectivity index (χ0) is 14.6. The Morgan fingerprint density at radius 3 is 2.80 bits per heavy atom. The lowest BCUT2D eigenvalue weighted by molar-refractivity contribution is -0.00923. The first-order valence-corrected chi connectivity index (χ1v) is 6.74. The van der Waals surface area contributed by atoms with Crippen LogP contribution in [0.15, 0.2) is 18.5 Å². The fraction of sp³-hybridized carbons (Fsp3) is 0.571. The third kappa shape index (κ3) is 3.68. The molecule has 1 saturated heterocycles. The number of carbonyl (C=O) groups excluding carboxylic acids is 1. The summed E-state index contributed by atoms with van der Waals surface area (Å²) in [6.07, 6.45) is 2.74. The first-order valence-electron chi connectivity index (χ1n) is 6.74. The number of hydrogen-bond acceptors (Lipinski definition) is 5. The van der Waals surface area contributed by atoms with Gasteiger partial charge in [0.1, 0.15) is 5.75 Å². The summed E-state index contributed by atoms with van der Waals surface area (Å²) in [4.78, 5) is 18.1. The molecule has 0 saturated carbocycles. The van der Waals surface area contributed by atoms with Crippen LogP contribution in [0.4, 0.5) is 0 Å². The van der Waals surface area contributed by atoms with Gasteiger partial charge in [-0.1, -0.05) is 0 Å². The van der Waals surface area contributed by atoms with Crippen molar-refractivity contribution in [2.24, 2.45) is 0 Å². The van der Waals surface area contributed by atoms with Crippen molar-refractivity contribution in [2.75, 3.05) is 32.8 Å². The topological polar surface area (TPSA) is 74.7 Å². The van der Waals surface area contributed by atoms with Crippen molar-refractivity contribution in [1.29, 1.82) is 0 Å². The van der Waals surface area contributed by atoms with Crippen LogP contribution in [0.2, 0.25) is 0 Å². The van der Waals surface area contributed by atoms with E-state index in [0.717, 1.165) is 26.3 Å². The van der Waals surface area contributed by atoms with Gasteiger partial charge in [0.15, 0.2) is 0 Å². The van der Waals surface area contributed by atoms with Gasteiger partial charge >= 0.3 is 0 Å². The number of nitrogens with one attached hydrogen (secondary N) is 1. The van der Waals surface area contributed by atoms with Crippen LogP contribution in [-0.4, -0.2) is 59.3 Å². The molecule has 1 fully saturated rings. The Balaban J connectivity index is 1.91. The summed E-state index contributed by atoms with van der Waals surface area (Å²) in [6, 6.07) is 1.41. The minimum absolute atomic E-state index is 0.00918. The van der Waals surface area contributed by atoms with Gasteiger partial charge in [-0.15, -0.1) is 0 Å². The van der Waals surface area contributed by atoms with Gasteiger partial charge in [-0.3, -0.25) is 14.7 Å². The van der Waals surface area contributed by atoms with E-state index >= 15 is 0 Å². The molecule has 1 amide bonds. The molecule has 1 aromatic rings. The van der Waals surface area contributed by atoms with Gasteiger partial charge in [0.05, 0.1) is 25.0 Å². The molecule has 1 aromatic heterocycles. The largest absolute Gasteiger partial charge is 0.506 e. The Hall–Kier alpha value is -1.66. The van der Waals surface area contributed by atoms with E-state index in [0.29, 0.717) is 12.1 Å². The third-order valence-electron chi connectivity index (χ3n) is 3.53. The summed E-state index contributed by atoms with van der Waals surface area (Å²) in [5.74, 6) is -0.236. The smallest absolute Gasteiger partial charge is 0.253 e. The van der Waals surface area contributed by atoms with Crippen LogP contribution in [0.1, 0.15) is 24.2 Å². The highest BCUT2D eigenvalue weighted by Gasteiger charge is 2.28. The second-order valence-electron chi connectivity index (χ2n) is 5.53. The van der Waals surface area contributed by atoms with Crippen LogP contribution >= 0.6 is 0 Å². The van der Waals surface area contributed by atoms with Crippen LogP contribution in [0.25, 0.3) is 0 Å². The molecule has 6 nitrogen and oxygen atoms in total. The minimum atomic E-state index is -0.227. The Morgan fingerprint density at radius 1 is 1.45 bits per heavy atom. The molecule has 20 heavy (non-hydrogen) atoms. The monoisotopic (exact) mass is 279 g/mol. The van der Waals surface area contributed by atoms with Gasteiger partial charge in [-0.05, 0) is 19.9 Å². The average molecular weight is 279 g/mol. The van der Waals surface area contributed by atoms with Crippen molar-refractivity contribution >= 4 is 5.91 Å². The number of hydrogen-bond donors (Lipinski definition) is 2. The average Bonchev–Trinajstić information content (AvgIpc) is 2.46. The van der Waals surface area contributed by atoms with Gasteiger partial charge in [-0.25, -0.2) is 0 Å². The number of ether oxygens (including phenoxy) is 1. The van der Waals surface area contributed by atoms with Crippen LogP contribution < -0.4 is 5.32 Å². The molecule has 0 aromatic carbocycles. The highest BCUT2D eigenvalue weighted by molar-refractivity contribution is 5.94. The van der Waals surface area contributed by atoms with Gasteiger partial charge in [0.2, 0.25) is 0 Å². The maximum absolute atomic E-state index is 12.0. The number of aromatic hydroxyl groups is 1. The molecule has 0 spiro atoms. The number of morpholine rings is 1. The fourth-order valence-electron chi connectivity index (χ4n) is 2.23. The molecule has 0 aliphatic carbocycles. The number of aromatic nitrogens is 1. The molecule has 1 aliphatic rings. The molecule has 6 heteroatoms.